The van der Waals surface area contributed by atoms with E-state index in [4.69, 9.17) is 14.6 Å². The third-order valence-corrected chi connectivity index (χ3v) is 3.61. The second-order valence-corrected chi connectivity index (χ2v) is 4.99. The molecule has 1 unspecified atom stereocenters. The third kappa shape index (κ3) is 3.73. The van der Waals surface area contributed by atoms with Crippen molar-refractivity contribution in [3.05, 3.63) is 17.9 Å². The minimum Gasteiger partial charge on any atom is -0.481 e. The van der Waals surface area contributed by atoms with Crippen LogP contribution in [-0.2, 0) is 11.2 Å². The van der Waals surface area contributed by atoms with E-state index in [1.54, 1.807) is 0 Å². The summed E-state index contributed by atoms with van der Waals surface area (Å²) in [7, 11) is 0. The Labute approximate surface area is 112 Å². The van der Waals surface area contributed by atoms with E-state index in [0.29, 0.717) is 18.2 Å². The van der Waals surface area contributed by atoms with Crippen LogP contribution in [0, 0.1) is 0 Å². The first kappa shape index (κ1) is 13.9. The van der Waals surface area contributed by atoms with Gasteiger partial charge in [-0.15, -0.1) is 0 Å². The van der Waals surface area contributed by atoms with Crippen LogP contribution < -0.4 is 4.90 Å². The molecular formula is C14H21NO4. The Balaban J connectivity index is 2.01. The van der Waals surface area contributed by atoms with Gasteiger partial charge in [-0.25, -0.2) is 0 Å². The van der Waals surface area contributed by atoms with Crippen molar-refractivity contribution in [3.63, 3.8) is 0 Å². The summed E-state index contributed by atoms with van der Waals surface area (Å²) < 4.78 is 5.73. The fourth-order valence-corrected chi connectivity index (χ4v) is 2.63. The number of furan rings is 1. The van der Waals surface area contributed by atoms with Gasteiger partial charge in [0, 0.05) is 31.7 Å². The molecule has 1 fully saturated rings. The lowest BCUT2D eigenvalue weighted by molar-refractivity contribution is -0.137. The molecule has 0 aliphatic carbocycles. The van der Waals surface area contributed by atoms with Gasteiger partial charge in [-0.2, -0.15) is 0 Å². The second-order valence-electron chi connectivity index (χ2n) is 4.99. The van der Waals surface area contributed by atoms with Gasteiger partial charge in [-0.05, 0) is 31.7 Å². The number of anilines is 1. The van der Waals surface area contributed by atoms with Crippen LogP contribution in [0.3, 0.4) is 0 Å². The first-order chi connectivity index (χ1) is 9.20. The summed E-state index contributed by atoms with van der Waals surface area (Å²) in [5.41, 5.74) is 0. The van der Waals surface area contributed by atoms with Crippen molar-refractivity contribution in [2.45, 2.75) is 44.6 Å². The van der Waals surface area contributed by atoms with Gasteiger partial charge < -0.3 is 19.5 Å². The monoisotopic (exact) mass is 267 g/mol. The molecule has 0 amide bonds. The van der Waals surface area contributed by atoms with Crippen LogP contribution in [0.5, 0.6) is 0 Å². The van der Waals surface area contributed by atoms with E-state index in [-0.39, 0.29) is 13.0 Å². The zero-order valence-corrected chi connectivity index (χ0v) is 11.0. The van der Waals surface area contributed by atoms with Crippen LogP contribution in [0.2, 0.25) is 0 Å². The molecule has 1 aliphatic rings. The lowest BCUT2D eigenvalue weighted by Crippen LogP contribution is -2.39. The summed E-state index contributed by atoms with van der Waals surface area (Å²) in [6.07, 6.45) is 4.67. The van der Waals surface area contributed by atoms with E-state index in [1.807, 2.05) is 12.1 Å². The molecule has 2 heterocycles. The van der Waals surface area contributed by atoms with E-state index in [9.17, 15) is 4.79 Å². The zero-order chi connectivity index (χ0) is 13.7. The molecule has 0 radical (unpaired) electrons. The first-order valence-corrected chi connectivity index (χ1v) is 6.88. The second kappa shape index (κ2) is 6.61. The summed E-state index contributed by atoms with van der Waals surface area (Å²) in [5, 5.41) is 17.8. The summed E-state index contributed by atoms with van der Waals surface area (Å²) in [4.78, 5) is 12.7. The van der Waals surface area contributed by atoms with Crippen LogP contribution in [-0.4, -0.2) is 35.4 Å². The Hall–Kier alpha value is -1.49. The lowest BCUT2D eigenvalue weighted by Gasteiger charge is -2.35. The maximum absolute atomic E-state index is 10.5. The van der Waals surface area contributed by atoms with Gasteiger partial charge in [-0.1, -0.05) is 0 Å². The van der Waals surface area contributed by atoms with Crippen molar-refractivity contribution in [1.82, 2.24) is 0 Å². The number of piperidine rings is 1. The minimum atomic E-state index is -0.811. The van der Waals surface area contributed by atoms with Crippen LogP contribution in [0.1, 0.15) is 37.9 Å². The van der Waals surface area contributed by atoms with Gasteiger partial charge in [0.25, 0.3) is 0 Å². The van der Waals surface area contributed by atoms with Crippen molar-refractivity contribution < 1.29 is 19.4 Å². The Morgan fingerprint density at radius 2 is 2.26 bits per heavy atom. The van der Waals surface area contributed by atoms with Crippen molar-refractivity contribution in [1.29, 1.82) is 0 Å². The van der Waals surface area contributed by atoms with E-state index < -0.39 is 5.97 Å². The highest BCUT2D eigenvalue weighted by atomic mass is 16.4. The largest absolute Gasteiger partial charge is 0.481 e. The van der Waals surface area contributed by atoms with Crippen molar-refractivity contribution >= 4 is 11.9 Å². The van der Waals surface area contributed by atoms with Crippen molar-refractivity contribution in [2.75, 3.05) is 18.1 Å². The highest BCUT2D eigenvalue weighted by molar-refractivity contribution is 5.66. The summed E-state index contributed by atoms with van der Waals surface area (Å²) in [6, 6.07) is 4.09. The van der Waals surface area contributed by atoms with E-state index in [0.717, 1.165) is 31.7 Å². The smallest absolute Gasteiger partial charge is 0.303 e. The van der Waals surface area contributed by atoms with E-state index in [1.165, 1.54) is 6.42 Å². The minimum absolute atomic E-state index is 0.0903. The summed E-state index contributed by atoms with van der Waals surface area (Å²) >= 11 is 0. The van der Waals surface area contributed by atoms with Crippen molar-refractivity contribution in [2.24, 2.45) is 0 Å². The van der Waals surface area contributed by atoms with E-state index in [2.05, 4.69) is 4.90 Å². The number of hydrogen-bond acceptors (Lipinski definition) is 4. The van der Waals surface area contributed by atoms with Crippen LogP contribution in [0.15, 0.2) is 16.5 Å². The Kier molecular flexibility index (Phi) is 4.85. The molecule has 5 nitrogen and oxygen atoms in total. The lowest BCUT2D eigenvalue weighted by atomic mass is 10.00. The molecule has 0 spiro atoms. The van der Waals surface area contributed by atoms with Crippen molar-refractivity contribution in [3.8, 4) is 0 Å². The van der Waals surface area contributed by atoms with Gasteiger partial charge in [0.15, 0.2) is 5.88 Å². The third-order valence-electron chi connectivity index (χ3n) is 3.61. The number of aryl methyl sites for hydroxylation is 1. The Bertz CT molecular complexity index is 413. The van der Waals surface area contributed by atoms with Gasteiger partial charge in [0.1, 0.15) is 5.76 Å². The molecule has 0 bridgehead atoms. The molecule has 1 aromatic heterocycles. The highest BCUT2D eigenvalue weighted by Crippen LogP contribution is 2.28. The number of hydrogen-bond donors (Lipinski definition) is 2. The number of aliphatic hydroxyl groups is 1. The van der Waals surface area contributed by atoms with Gasteiger partial charge in [-0.3, -0.25) is 4.79 Å². The number of carbonyl (C=O) groups is 1. The molecule has 5 heteroatoms. The summed E-state index contributed by atoms with van der Waals surface area (Å²) in [5.74, 6) is 0.707. The predicted molar refractivity (Wildman–Crippen MR) is 71.4 cm³/mol. The molecule has 1 atom stereocenters. The molecule has 2 rings (SSSR count). The van der Waals surface area contributed by atoms with Crippen LogP contribution >= 0.6 is 0 Å². The fraction of sp³-hybridized carbons (Fsp3) is 0.643. The quantitative estimate of drug-likeness (QED) is 0.825. The molecule has 1 saturated heterocycles. The van der Waals surface area contributed by atoms with E-state index >= 15 is 0 Å². The Morgan fingerprint density at radius 1 is 1.42 bits per heavy atom. The van der Waals surface area contributed by atoms with Gasteiger partial charge in [0.2, 0.25) is 0 Å². The number of aliphatic hydroxyl groups excluding tert-OH is 1. The highest BCUT2D eigenvalue weighted by Gasteiger charge is 2.24. The number of aliphatic carboxylic acids is 1. The molecular weight excluding hydrogens is 246 g/mol. The standard InChI is InChI=1S/C14H21NO4/c16-10-8-11-3-1-2-9-15(11)13-6-4-12(19-13)5-7-14(17)18/h4,6,11,16H,1-3,5,7-10H2,(H,17,18). The average molecular weight is 267 g/mol. The first-order valence-electron chi connectivity index (χ1n) is 6.88. The number of carboxylic acid groups (broad SMARTS) is 1. The number of nitrogens with zero attached hydrogens (tertiary/aromatic N) is 1. The number of rotatable bonds is 6. The maximum Gasteiger partial charge on any atom is 0.303 e. The Morgan fingerprint density at radius 3 is 3.00 bits per heavy atom. The molecule has 1 aliphatic heterocycles. The molecule has 0 saturated carbocycles. The SMILES string of the molecule is O=C(O)CCc1ccc(N2CCCCC2CCO)o1. The average Bonchev–Trinajstić information content (AvgIpc) is 2.86. The fourth-order valence-electron chi connectivity index (χ4n) is 2.63. The normalized spacial score (nSPS) is 19.6. The summed E-state index contributed by atoms with van der Waals surface area (Å²) in [6.45, 7) is 1.13. The molecule has 106 valence electrons. The molecule has 19 heavy (non-hydrogen) atoms. The number of carboxylic acids is 1. The molecule has 1 aromatic rings. The van der Waals surface area contributed by atoms with Gasteiger partial charge in [0.05, 0.1) is 6.42 Å². The van der Waals surface area contributed by atoms with Crippen LogP contribution in [0.4, 0.5) is 5.88 Å². The maximum atomic E-state index is 10.5. The molecule has 2 N–H and O–H groups in total. The van der Waals surface area contributed by atoms with Crippen LogP contribution in [0.25, 0.3) is 0 Å². The van der Waals surface area contributed by atoms with Gasteiger partial charge >= 0.3 is 5.97 Å². The topological polar surface area (TPSA) is 73.9 Å². The molecule has 0 aromatic carbocycles. The zero-order valence-electron chi connectivity index (χ0n) is 11.0. The predicted octanol–water partition coefficient (Wildman–Crippen LogP) is 2.04.